The van der Waals surface area contributed by atoms with E-state index in [9.17, 15) is 18.0 Å². The first-order valence-corrected chi connectivity index (χ1v) is 12.7. The molecule has 3 aliphatic rings. The van der Waals surface area contributed by atoms with Gasteiger partial charge in [0.25, 0.3) is 5.91 Å². The first-order valence-electron chi connectivity index (χ1n) is 11.3. The van der Waals surface area contributed by atoms with Gasteiger partial charge < -0.3 is 15.4 Å². The average molecular weight is 450 g/mol. The van der Waals surface area contributed by atoms with E-state index in [-0.39, 0.29) is 28.7 Å². The molecule has 0 aromatic heterocycles. The number of benzene rings is 1. The molecule has 2 fully saturated rings. The highest BCUT2D eigenvalue weighted by Gasteiger charge is 2.34. The Morgan fingerprint density at radius 2 is 1.87 bits per heavy atom. The van der Waals surface area contributed by atoms with Crippen molar-refractivity contribution in [3.8, 4) is 5.75 Å². The van der Waals surface area contributed by atoms with Crippen LogP contribution in [0.4, 0.5) is 5.69 Å². The van der Waals surface area contributed by atoms with Gasteiger partial charge in [-0.05, 0) is 50.3 Å². The van der Waals surface area contributed by atoms with E-state index < -0.39 is 16.1 Å². The molecule has 170 valence electrons. The number of hydrogen-bond donors (Lipinski definition) is 2. The van der Waals surface area contributed by atoms with Crippen molar-refractivity contribution in [2.45, 2.75) is 75.3 Å². The van der Waals surface area contributed by atoms with Gasteiger partial charge >= 0.3 is 0 Å². The fourth-order valence-electron chi connectivity index (χ4n) is 4.63. The second kappa shape index (κ2) is 9.16. The van der Waals surface area contributed by atoms with Gasteiger partial charge in [0.05, 0.1) is 10.6 Å². The van der Waals surface area contributed by atoms with E-state index in [4.69, 9.17) is 4.74 Å². The van der Waals surface area contributed by atoms with Crippen LogP contribution in [0.5, 0.6) is 5.75 Å². The maximum Gasteiger partial charge on any atom is 0.265 e. The van der Waals surface area contributed by atoms with Crippen LogP contribution in [0.15, 0.2) is 23.1 Å². The summed E-state index contributed by atoms with van der Waals surface area (Å²) in [7, 11) is -3.71. The van der Waals surface area contributed by atoms with Gasteiger partial charge in [-0.15, -0.1) is 0 Å². The van der Waals surface area contributed by atoms with Gasteiger partial charge in [0.1, 0.15) is 5.75 Å². The highest BCUT2D eigenvalue weighted by Crippen LogP contribution is 2.34. The lowest BCUT2D eigenvalue weighted by atomic mass is 9.93. The van der Waals surface area contributed by atoms with Gasteiger partial charge in [0, 0.05) is 25.0 Å². The fraction of sp³-hybridized carbons (Fsp3) is 0.636. The summed E-state index contributed by atoms with van der Waals surface area (Å²) in [6, 6.07) is 4.83. The highest BCUT2D eigenvalue weighted by molar-refractivity contribution is 7.89. The van der Waals surface area contributed by atoms with E-state index in [1.54, 1.807) is 6.07 Å². The summed E-state index contributed by atoms with van der Waals surface area (Å²) in [6.45, 7) is 2.47. The van der Waals surface area contributed by atoms with E-state index in [2.05, 4.69) is 10.6 Å². The molecule has 0 unspecified atom stereocenters. The van der Waals surface area contributed by atoms with Crippen molar-refractivity contribution in [3.05, 3.63) is 18.2 Å². The SMILES string of the molecule is CC[C@H]1Oc2ccc(S(=O)(=O)N3CCC(C(=O)NC4CCCCC4)CC3)cc2NC1=O. The zero-order valence-corrected chi connectivity index (χ0v) is 18.7. The summed E-state index contributed by atoms with van der Waals surface area (Å²) in [6.07, 6.45) is 6.64. The number of fused-ring (bicyclic) bond motifs is 1. The molecule has 8 nitrogen and oxygen atoms in total. The van der Waals surface area contributed by atoms with Crippen LogP contribution in [0.2, 0.25) is 0 Å². The third kappa shape index (κ3) is 4.72. The van der Waals surface area contributed by atoms with Crippen LogP contribution in [0, 0.1) is 5.92 Å². The quantitative estimate of drug-likeness (QED) is 0.719. The minimum Gasteiger partial charge on any atom is -0.478 e. The van der Waals surface area contributed by atoms with Crippen LogP contribution in [0.1, 0.15) is 58.3 Å². The lowest BCUT2D eigenvalue weighted by Crippen LogP contribution is -2.45. The normalized spacial score (nSPS) is 23.5. The molecule has 0 spiro atoms. The zero-order chi connectivity index (χ0) is 22.0. The van der Waals surface area contributed by atoms with E-state index in [1.165, 1.54) is 22.9 Å². The van der Waals surface area contributed by atoms with Crippen LogP contribution in [-0.2, 0) is 19.6 Å². The second-order valence-electron chi connectivity index (χ2n) is 8.68. The Morgan fingerprint density at radius 1 is 1.16 bits per heavy atom. The zero-order valence-electron chi connectivity index (χ0n) is 17.9. The molecule has 1 aromatic carbocycles. The van der Waals surface area contributed by atoms with E-state index in [0.29, 0.717) is 43.8 Å². The Labute approximate surface area is 183 Å². The van der Waals surface area contributed by atoms with E-state index >= 15 is 0 Å². The summed E-state index contributed by atoms with van der Waals surface area (Å²) >= 11 is 0. The summed E-state index contributed by atoms with van der Waals surface area (Å²) in [5, 5.41) is 5.90. The lowest BCUT2D eigenvalue weighted by molar-refractivity contribution is -0.127. The van der Waals surface area contributed by atoms with Crippen molar-refractivity contribution in [2.75, 3.05) is 18.4 Å². The monoisotopic (exact) mass is 449 g/mol. The van der Waals surface area contributed by atoms with Crippen molar-refractivity contribution in [1.82, 2.24) is 9.62 Å². The number of amides is 2. The molecule has 1 saturated carbocycles. The topological polar surface area (TPSA) is 105 Å². The van der Waals surface area contributed by atoms with Crippen LogP contribution in [0.3, 0.4) is 0 Å². The largest absolute Gasteiger partial charge is 0.478 e. The maximum atomic E-state index is 13.1. The number of anilines is 1. The number of carbonyl (C=O) groups excluding carboxylic acids is 2. The third-order valence-electron chi connectivity index (χ3n) is 6.56. The predicted octanol–water partition coefficient (Wildman–Crippen LogP) is 2.65. The first kappa shape index (κ1) is 22.1. The minimum absolute atomic E-state index is 0.0584. The molecular formula is C22H31N3O5S. The van der Waals surface area contributed by atoms with Crippen molar-refractivity contribution >= 4 is 27.5 Å². The molecule has 2 amide bonds. The molecule has 2 aliphatic heterocycles. The first-order chi connectivity index (χ1) is 14.9. The Morgan fingerprint density at radius 3 is 2.55 bits per heavy atom. The van der Waals surface area contributed by atoms with Crippen LogP contribution >= 0.6 is 0 Å². The molecule has 1 aliphatic carbocycles. The summed E-state index contributed by atoms with van der Waals surface area (Å²) in [5.74, 6) is 0.122. The van der Waals surface area contributed by atoms with Crippen molar-refractivity contribution in [2.24, 2.45) is 5.92 Å². The van der Waals surface area contributed by atoms with Crippen LogP contribution < -0.4 is 15.4 Å². The van der Waals surface area contributed by atoms with Gasteiger partial charge in [-0.2, -0.15) is 4.31 Å². The van der Waals surface area contributed by atoms with Gasteiger partial charge in [-0.1, -0.05) is 26.2 Å². The Bertz CT molecular complexity index is 934. The molecule has 2 heterocycles. The maximum absolute atomic E-state index is 13.1. The number of rotatable bonds is 5. The minimum atomic E-state index is -3.71. The molecule has 2 N–H and O–H groups in total. The van der Waals surface area contributed by atoms with Crippen molar-refractivity contribution in [3.63, 3.8) is 0 Å². The van der Waals surface area contributed by atoms with Crippen LogP contribution in [0.25, 0.3) is 0 Å². The van der Waals surface area contributed by atoms with E-state index in [0.717, 1.165) is 25.7 Å². The summed E-state index contributed by atoms with van der Waals surface area (Å²) < 4.78 is 33.4. The number of piperidine rings is 1. The molecule has 9 heteroatoms. The number of hydrogen-bond acceptors (Lipinski definition) is 5. The number of nitrogens with zero attached hydrogens (tertiary/aromatic N) is 1. The molecule has 31 heavy (non-hydrogen) atoms. The Hall–Kier alpha value is -2.13. The van der Waals surface area contributed by atoms with Crippen molar-refractivity contribution in [1.29, 1.82) is 0 Å². The van der Waals surface area contributed by atoms with Gasteiger partial charge in [0.2, 0.25) is 15.9 Å². The molecular weight excluding hydrogens is 418 g/mol. The number of carbonyl (C=O) groups is 2. The van der Waals surface area contributed by atoms with Crippen LogP contribution in [-0.4, -0.2) is 49.8 Å². The summed E-state index contributed by atoms with van der Waals surface area (Å²) in [5.41, 5.74) is 0.373. The van der Waals surface area contributed by atoms with Gasteiger partial charge in [-0.3, -0.25) is 9.59 Å². The molecule has 0 bridgehead atoms. The van der Waals surface area contributed by atoms with Gasteiger partial charge in [0.15, 0.2) is 6.10 Å². The molecule has 4 rings (SSSR count). The number of sulfonamides is 1. The molecule has 1 atom stereocenters. The standard InChI is InChI=1S/C22H31N3O5S/c1-2-19-22(27)24-18-14-17(8-9-20(18)30-19)31(28,29)25-12-10-15(11-13-25)21(26)23-16-6-4-3-5-7-16/h8-9,14-16,19H,2-7,10-13H2,1H3,(H,23,26)(H,24,27)/t19-/m1/s1. The fourth-order valence-corrected chi connectivity index (χ4v) is 6.13. The smallest absolute Gasteiger partial charge is 0.265 e. The molecule has 1 aromatic rings. The third-order valence-corrected chi connectivity index (χ3v) is 8.45. The second-order valence-corrected chi connectivity index (χ2v) is 10.6. The van der Waals surface area contributed by atoms with E-state index in [1.807, 2.05) is 6.92 Å². The molecule has 0 radical (unpaired) electrons. The Balaban J connectivity index is 1.38. The average Bonchev–Trinajstić information content (AvgIpc) is 2.79. The van der Waals surface area contributed by atoms with Gasteiger partial charge in [-0.25, -0.2) is 8.42 Å². The Kier molecular flexibility index (Phi) is 6.52. The highest BCUT2D eigenvalue weighted by atomic mass is 32.2. The molecule has 1 saturated heterocycles. The number of ether oxygens (including phenoxy) is 1. The number of nitrogens with one attached hydrogen (secondary N) is 2. The van der Waals surface area contributed by atoms with Crippen molar-refractivity contribution < 1.29 is 22.7 Å². The lowest BCUT2D eigenvalue weighted by Gasteiger charge is -2.32. The summed E-state index contributed by atoms with van der Waals surface area (Å²) in [4.78, 5) is 24.8. The predicted molar refractivity (Wildman–Crippen MR) is 116 cm³/mol.